The van der Waals surface area contributed by atoms with Gasteiger partial charge < -0.3 is 5.32 Å². The molecule has 0 saturated heterocycles. The van der Waals surface area contributed by atoms with Crippen molar-refractivity contribution >= 4 is 23.6 Å². The maximum absolute atomic E-state index is 11.6. The van der Waals surface area contributed by atoms with Crippen LogP contribution >= 0.6 is 11.6 Å². The highest BCUT2D eigenvalue weighted by Crippen LogP contribution is 2.10. The van der Waals surface area contributed by atoms with Crippen LogP contribution in [0.15, 0.2) is 42.7 Å². The molecule has 1 amide bonds. The number of amides is 1. The first kappa shape index (κ1) is 13.4. The fourth-order valence-electron chi connectivity index (χ4n) is 1.56. The van der Waals surface area contributed by atoms with Crippen LogP contribution in [0.5, 0.6) is 0 Å². The van der Waals surface area contributed by atoms with E-state index in [-0.39, 0.29) is 5.91 Å². The Balaban J connectivity index is 1.85. The van der Waals surface area contributed by atoms with Gasteiger partial charge in [-0.05, 0) is 23.8 Å². The van der Waals surface area contributed by atoms with Crippen LogP contribution in [0.25, 0.3) is 6.08 Å². The second kappa shape index (κ2) is 6.20. The van der Waals surface area contributed by atoms with E-state index in [2.05, 4.69) is 10.4 Å². The molecule has 0 saturated carbocycles. The predicted molar refractivity (Wildman–Crippen MR) is 75.5 cm³/mol. The van der Waals surface area contributed by atoms with Crippen molar-refractivity contribution < 1.29 is 4.79 Å². The van der Waals surface area contributed by atoms with Gasteiger partial charge in [-0.2, -0.15) is 5.10 Å². The number of carbonyl (C=O) groups excluding carboxylic acids is 1. The Labute approximate surface area is 116 Å². The molecular formula is C14H14ClN3O. The smallest absolute Gasteiger partial charge is 0.244 e. The van der Waals surface area contributed by atoms with Crippen molar-refractivity contribution in [1.82, 2.24) is 15.1 Å². The summed E-state index contributed by atoms with van der Waals surface area (Å²) in [4.78, 5) is 11.6. The maximum Gasteiger partial charge on any atom is 0.244 e. The number of aromatic nitrogens is 2. The van der Waals surface area contributed by atoms with E-state index in [9.17, 15) is 4.79 Å². The van der Waals surface area contributed by atoms with Crippen LogP contribution in [0.1, 0.15) is 11.1 Å². The Morgan fingerprint density at radius 2 is 2.16 bits per heavy atom. The summed E-state index contributed by atoms with van der Waals surface area (Å²) in [5.41, 5.74) is 1.90. The number of hydrogen-bond donors (Lipinski definition) is 1. The molecule has 1 aromatic carbocycles. The van der Waals surface area contributed by atoms with Crippen molar-refractivity contribution in [3.8, 4) is 0 Å². The lowest BCUT2D eigenvalue weighted by Gasteiger charge is -1.99. The number of benzene rings is 1. The molecule has 1 aromatic heterocycles. The first-order valence-corrected chi connectivity index (χ1v) is 6.20. The molecule has 98 valence electrons. The Hall–Kier alpha value is -2.07. The van der Waals surface area contributed by atoms with E-state index in [1.165, 1.54) is 6.08 Å². The van der Waals surface area contributed by atoms with Crippen molar-refractivity contribution in [1.29, 1.82) is 0 Å². The molecule has 4 nitrogen and oxygen atoms in total. The molecule has 1 N–H and O–H groups in total. The lowest BCUT2D eigenvalue weighted by Crippen LogP contribution is -2.19. The summed E-state index contributed by atoms with van der Waals surface area (Å²) >= 11 is 5.78. The Morgan fingerprint density at radius 1 is 1.42 bits per heavy atom. The zero-order valence-electron chi connectivity index (χ0n) is 10.5. The number of carbonyl (C=O) groups is 1. The fraction of sp³-hybridized carbons (Fsp3) is 0.143. The first-order chi connectivity index (χ1) is 9.13. The molecule has 2 rings (SSSR count). The SMILES string of the molecule is Cn1cc(CNC(=O)/C=C\c2ccc(Cl)cc2)cn1. The van der Waals surface area contributed by atoms with E-state index >= 15 is 0 Å². The van der Waals surface area contributed by atoms with Crippen LogP contribution < -0.4 is 5.32 Å². The van der Waals surface area contributed by atoms with Crippen LogP contribution in [-0.2, 0) is 18.4 Å². The van der Waals surface area contributed by atoms with E-state index in [1.807, 2.05) is 25.4 Å². The van der Waals surface area contributed by atoms with Gasteiger partial charge in [0.25, 0.3) is 0 Å². The molecule has 0 aliphatic carbocycles. The summed E-state index contributed by atoms with van der Waals surface area (Å²) in [6.07, 6.45) is 6.83. The number of halogens is 1. The molecule has 0 spiro atoms. The second-order valence-electron chi connectivity index (χ2n) is 4.12. The minimum absolute atomic E-state index is 0.140. The van der Waals surface area contributed by atoms with Gasteiger partial charge in [-0.1, -0.05) is 23.7 Å². The highest BCUT2D eigenvalue weighted by Gasteiger charge is 1.98. The quantitative estimate of drug-likeness (QED) is 0.871. The number of rotatable bonds is 4. The van der Waals surface area contributed by atoms with Gasteiger partial charge in [0.1, 0.15) is 0 Å². The van der Waals surface area contributed by atoms with Gasteiger partial charge in [-0.3, -0.25) is 9.48 Å². The Bertz CT molecular complexity index is 587. The van der Waals surface area contributed by atoms with E-state index in [1.54, 1.807) is 29.1 Å². The maximum atomic E-state index is 11.6. The van der Waals surface area contributed by atoms with Gasteiger partial charge in [0.15, 0.2) is 0 Å². The lowest BCUT2D eigenvalue weighted by molar-refractivity contribution is -0.116. The van der Waals surface area contributed by atoms with Gasteiger partial charge in [-0.25, -0.2) is 0 Å². The molecule has 0 aliphatic rings. The molecule has 0 unspecified atom stereocenters. The number of nitrogens with one attached hydrogen (secondary N) is 1. The van der Waals surface area contributed by atoms with Crippen LogP contribution in [0.4, 0.5) is 0 Å². The standard InChI is InChI=1S/C14H14ClN3O/c1-18-10-12(9-17-18)8-16-14(19)7-4-11-2-5-13(15)6-3-11/h2-7,9-10H,8H2,1H3,(H,16,19)/b7-4-. The first-order valence-electron chi connectivity index (χ1n) is 5.82. The largest absolute Gasteiger partial charge is 0.348 e. The van der Waals surface area contributed by atoms with E-state index in [4.69, 9.17) is 11.6 Å². The second-order valence-corrected chi connectivity index (χ2v) is 4.56. The van der Waals surface area contributed by atoms with Gasteiger partial charge in [0, 0.05) is 36.5 Å². The van der Waals surface area contributed by atoms with Crippen molar-refractivity contribution in [3.05, 3.63) is 58.9 Å². The van der Waals surface area contributed by atoms with Gasteiger partial charge in [0.05, 0.1) is 6.20 Å². The fourth-order valence-corrected chi connectivity index (χ4v) is 1.68. The van der Waals surface area contributed by atoms with Crippen molar-refractivity contribution in [3.63, 3.8) is 0 Å². The third kappa shape index (κ3) is 4.26. The molecular weight excluding hydrogens is 262 g/mol. The van der Waals surface area contributed by atoms with E-state index < -0.39 is 0 Å². The van der Waals surface area contributed by atoms with Crippen molar-refractivity contribution in [2.45, 2.75) is 6.54 Å². The van der Waals surface area contributed by atoms with Crippen molar-refractivity contribution in [2.75, 3.05) is 0 Å². The molecule has 1 heterocycles. The van der Waals surface area contributed by atoms with Gasteiger partial charge >= 0.3 is 0 Å². The summed E-state index contributed by atoms with van der Waals surface area (Å²) in [7, 11) is 1.84. The molecule has 0 fully saturated rings. The minimum atomic E-state index is -0.140. The topological polar surface area (TPSA) is 46.9 Å². The average molecular weight is 276 g/mol. The van der Waals surface area contributed by atoms with Gasteiger partial charge in [0.2, 0.25) is 5.91 Å². The summed E-state index contributed by atoms with van der Waals surface area (Å²) in [5.74, 6) is -0.140. The Morgan fingerprint density at radius 3 is 2.79 bits per heavy atom. The van der Waals surface area contributed by atoms with Crippen LogP contribution in [0, 0.1) is 0 Å². The van der Waals surface area contributed by atoms with Crippen molar-refractivity contribution in [2.24, 2.45) is 7.05 Å². The third-order valence-electron chi connectivity index (χ3n) is 2.52. The number of hydrogen-bond acceptors (Lipinski definition) is 2. The molecule has 0 atom stereocenters. The molecule has 0 radical (unpaired) electrons. The lowest BCUT2D eigenvalue weighted by atomic mass is 10.2. The highest BCUT2D eigenvalue weighted by molar-refractivity contribution is 6.30. The summed E-state index contributed by atoms with van der Waals surface area (Å²) < 4.78 is 1.70. The summed E-state index contributed by atoms with van der Waals surface area (Å²) in [6.45, 7) is 0.470. The Kier molecular flexibility index (Phi) is 4.36. The molecule has 5 heteroatoms. The van der Waals surface area contributed by atoms with Crippen LogP contribution in [0.2, 0.25) is 5.02 Å². The zero-order chi connectivity index (χ0) is 13.7. The zero-order valence-corrected chi connectivity index (χ0v) is 11.3. The van der Waals surface area contributed by atoms with E-state index in [0.29, 0.717) is 11.6 Å². The summed E-state index contributed by atoms with van der Waals surface area (Å²) in [5, 5.41) is 7.50. The number of nitrogens with zero attached hydrogens (tertiary/aromatic N) is 2. The molecule has 2 aromatic rings. The normalized spacial score (nSPS) is 10.8. The molecule has 19 heavy (non-hydrogen) atoms. The number of aryl methyl sites for hydroxylation is 1. The monoisotopic (exact) mass is 275 g/mol. The van der Waals surface area contributed by atoms with Gasteiger partial charge in [-0.15, -0.1) is 0 Å². The molecule has 0 bridgehead atoms. The van der Waals surface area contributed by atoms with Crippen LogP contribution in [-0.4, -0.2) is 15.7 Å². The average Bonchev–Trinajstić information content (AvgIpc) is 2.81. The minimum Gasteiger partial charge on any atom is -0.348 e. The highest BCUT2D eigenvalue weighted by atomic mass is 35.5. The van der Waals surface area contributed by atoms with E-state index in [0.717, 1.165) is 11.1 Å². The van der Waals surface area contributed by atoms with Crippen LogP contribution in [0.3, 0.4) is 0 Å². The third-order valence-corrected chi connectivity index (χ3v) is 2.77. The summed E-state index contributed by atoms with van der Waals surface area (Å²) in [6, 6.07) is 7.28. The predicted octanol–water partition coefficient (Wildman–Crippen LogP) is 2.40. The molecule has 0 aliphatic heterocycles.